The van der Waals surface area contributed by atoms with E-state index in [9.17, 15) is 4.79 Å². The minimum Gasteiger partial charge on any atom is -0.423 e. The van der Waals surface area contributed by atoms with E-state index in [1.807, 2.05) is 24.3 Å². The Bertz CT molecular complexity index is 772. The molecule has 0 saturated carbocycles. The zero-order chi connectivity index (χ0) is 19.6. The number of ether oxygens (including phenoxy) is 1. The Hall–Kier alpha value is -2.12. The van der Waals surface area contributed by atoms with Gasteiger partial charge in [-0.15, -0.1) is 0 Å². The lowest BCUT2D eigenvalue weighted by atomic mass is 9.95. The van der Waals surface area contributed by atoms with Crippen molar-refractivity contribution < 1.29 is 13.9 Å². The van der Waals surface area contributed by atoms with E-state index in [2.05, 4.69) is 33.9 Å². The number of anilines is 1. The molecule has 7 heteroatoms. The molecule has 4 rings (SSSR count). The lowest BCUT2D eigenvalue weighted by Gasteiger charge is -2.41. The van der Waals surface area contributed by atoms with Crippen molar-refractivity contribution in [2.24, 2.45) is 5.92 Å². The van der Waals surface area contributed by atoms with E-state index in [0.717, 1.165) is 63.3 Å². The van der Waals surface area contributed by atoms with Crippen LogP contribution in [0.4, 0.5) is 6.01 Å². The first-order chi connectivity index (χ1) is 13.5. The first-order valence-corrected chi connectivity index (χ1v) is 10.2. The van der Waals surface area contributed by atoms with Gasteiger partial charge in [0, 0.05) is 44.2 Å². The van der Waals surface area contributed by atoms with Crippen LogP contribution in [0.15, 0.2) is 28.7 Å². The fraction of sp³-hybridized carbons (Fsp3) is 0.619. The molecule has 0 unspecified atom stereocenters. The number of morpholine rings is 1. The molecule has 1 aromatic heterocycles. The van der Waals surface area contributed by atoms with Crippen molar-refractivity contribution in [1.29, 1.82) is 0 Å². The molecule has 0 spiro atoms. The van der Waals surface area contributed by atoms with Gasteiger partial charge in [0.05, 0.1) is 13.2 Å². The molecule has 1 aromatic carbocycles. The van der Waals surface area contributed by atoms with E-state index in [4.69, 9.17) is 9.15 Å². The second kappa shape index (κ2) is 8.09. The van der Waals surface area contributed by atoms with Crippen molar-refractivity contribution in [3.05, 3.63) is 24.3 Å². The van der Waals surface area contributed by atoms with E-state index in [1.165, 1.54) is 0 Å². The standard InChI is InChI=1S/C21H30N4O3/c1-21(2,25-11-13-27-14-12-25)15-22-19(26)16-7-9-24(10-8-16)20-23-17-5-3-4-6-18(17)28-20/h3-6,16H,7-15H2,1-2H3,(H,22,26). The number of aromatic nitrogens is 1. The number of piperidine rings is 1. The Morgan fingerprint density at radius 1 is 1.18 bits per heavy atom. The smallest absolute Gasteiger partial charge is 0.298 e. The molecular formula is C21H30N4O3. The number of nitrogens with one attached hydrogen (secondary N) is 1. The highest BCUT2D eigenvalue weighted by Crippen LogP contribution is 2.26. The van der Waals surface area contributed by atoms with Crippen LogP contribution < -0.4 is 10.2 Å². The van der Waals surface area contributed by atoms with Crippen LogP contribution in [0.5, 0.6) is 0 Å². The van der Waals surface area contributed by atoms with Gasteiger partial charge in [0.1, 0.15) is 5.52 Å². The Morgan fingerprint density at radius 2 is 1.89 bits per heavy atom. The molecule has 2 saturated heterocycles. The second-order valence-electron chi connectivity index (χ2n) is 8.36. The number of carbonyl (C=O) groups is 1. The highest BCUT2D eigenvalue weighted by molar-refractivity contribution is 5.79. The monoisotopic (exact) mass is 386 g/mol. The van der Waals surface area contributed by atoms with Crippen LogP contribution in [0.25, 0.3) is 11.1 Å². The first-order valence-electron chi connectivity index (χ1n) is 10.2. The van der Waals surface area contributed by atoms with E-state index in [1.54, 1.807) is 0 Å². The summed E-state index contributed by atoms with van der Waals surface area (Å²) in [5.41, 5.74) is 1.63. The summed E-state index contributed by atoms with van der Waals surface area (Å²) in [6.45, 7) is 10.0. The zero-order valence-corrected chi connectivity index (χ0v) is 16.8. The summed E-state index contributed by atoms with van der Waals surface area (Å²) >= 11 is 0. The minimum absolute atomic E-state index is 0.0566. The van der Waals surface area contributed by atoms with Crippen LogP contribution >= 0.6 is 0 Å². The summed E-state index contributed by atoms with van der Waals surface area (Å²) in [6, 6.07) is 8.46. The third kappa shape index (κ3) is 4.15. The summed E-state index contributed by atoms with van der Waals surface area (Å²) in [7, 11) is 0. The van der Waals surface area contributed by atoms with E-state index >= 15 is 0 Å². The highest BCUT2D eigenvalue weighted by Gasteiger charge is 2.31. The fourth-order valence-corrected chi connectivity index (χ4v) is 4.06. The third-order valence-corrected chi connectivity index (χ3v) is 5.98. The van der Waals surface area contributed by atoms with Crippen molar-refractivity contribution >= 4 is 23.0 Å². The number of rotatable bonds is 5. The van der Waals surface area contributed by atoms with E-state index in [0.29, 0.717) is 12.6 Å². The number of nitrogens with zero attached hydrogens (tertiary/aromatic N) is 3. The van der Waals surface area contributed by atoms with Crippen LogP contribution in [0.3, 0.4) is 0 Å². The number of hydrogen-bond acceptors (Lipinski definition) is 6. The van der Waals surface area contributed by atoms with Gasteiger partial charge in [-0.25, -0.2) is 0 Å². The molecular weight excluding hydrogens is 356 g/mol. The number of hydrogen-bond donors (Lipinski definition) is 1. The Morgan fingerprint density at radius 3 is 2.61 bits per heavy atom. The quantitative estimate of drug-likeness (QED) is 0.850. The molecule has 152 valence electrons. The van der Waals surface area contributed by atoms with Gasteiger partial charge >= 0.3 is 0 Å². The molecule has 0 atom stereocenters. The fourth-order valence-electron chi connectivity index (χ4n) is 4.06. The lowest BCUT2D eigenvalue weighted by Crippen LogP contribution is -2.56. The van der Waals surface area contributed by atoms with Crippen LogP contribution in [0, 0.1) is 5.92 Å². The summed E-state index contributed by atoms with van der Waals surface area (Å²) in [5.74, 6) is 0.222. The number of fused-ring (bicyclic) bond motifs is 1. The Balaban J connectivity index is 1.27. The highest BCUT2D eigenvalue weighted by atomic mass is 16.5. The molecule has 2 fully saturated rings. The molecule has 7 nitrogen and oxygen atoms in total. The molecule has 0 aliphatic carbocycles. The summed E-state index contributed by atoms with van der Waals surface area (Å²) < 4.78 is 11.3. The second-order valence-corrected chi connectivity index (χ2v) is 8.36. The van der Waals surface area contributed by atoms with Crippen molar-refractivity contribution in [2.45, 2.75) is 32.2 Å². The average molecular weight is 386 g/mol. The maximum absolute atomic E-state index is 12.7. The van der Waals surface area contributed by atoms with Gasteiger partial charge < -0.3 is 19.4 Å². The maximum atomic E-state index is 12.7. The molecule has 28 heavy (non-hydrogen) atoms. The van der Waals surface area contributed by atoms with Gasteiger partial charge in [0.2, 0.25) is 5.91 Å². The topological polar surface area (TPSA) is 70.8 Å². The minimum atomic E-state index is -0.0572. The van der Waals surface area contributed by atoms with Crippen molar-refractivity contribution in [1.82, 2.24) is 15.2 Å². The number of oxazole rings is 1. The number of benzene rings is 1. The summed E-state index contributed by atoms with van der Waals surface area (Å²) in [4.78, 5) is 21.8. The van der Waals surface area contributed by atoms with E-state index in [-0.39, 0.29) is 17.4 Å². The van der Waals surface area contributed by atoms with Crippen LogP contribution in [-0.4, -0.2) is 67.3 Å². The summed E-state index contributed by atoms with van der Waals surface area (Å²) in [5, 5.41) is 3.19. The summed E-state index contributed by atoms with van der Waals surface area (Å²) in [6.07, 6.45) is 1.64. The normalized spacial score (nSPS) is 19.9. The molecule has 1 N–H and O–H groups in total. The maximum Gasteiger partial charge on any atom is 0.298 e. The number of carbonyl (C=O) groups excluding carboxylic acids is 1. The number of para-hydroxylation sites is 2. The van der Waals surface area contributed by atoms with Crippen molar-refractivity contribution in [2.75, 3.05) is 50.8 Å². The average Bonchev–Trinajstić information content (AvgIpc) is 3.17. The van der Waals surface area contributed by atoms with Gasteiger partial charge in [0.25, 0.3) is 6.01 Å². The van der Waals surface area contributed by atoms with Gasteiger partial charge in [0.15, 0.2) is 5.58 Å². The van der Waals surface area contributed by atoms with Gasteiger partial charge in [-0.2, -0.15) is 4.98 Å². The first kappa shape index (κ1) is 19.2. The molecule has 2 aliphatic rings. The molecule has 0 radical (unpaired) electrons. The Kier molecular flexibility index (Phi) is 5.55. The predicted molar refractivity (Wildman–Crippen MR) is 108 cm³/mol. The van der Waals surface area contributed by atoms with Gasteiger partial charge in [-0.3, -0.25) is 9.69 Å². The lowest BCUT2D eigenvalue weighted by molar-refractivity contribution is -0.126. The molecule has 3 heterocycles. The van der Waals surface area contributed by atoms with Gasteiger partial charge in [-0.1, -0.05) is 12.1 Å². The Labute approximate surface area is 166 Å². The third-order valence-electron chi connectivity index (χ3n) is 5.98. The van der Waals surface area contributed by atoms with Crippen molar-refractivity contribution in [3.8, 4) is 0 Å². The number of amides is 1. The van der Waals surface area contributed by atoms with Crippen molar-refractivity contribution in [3.63, 3.8) is 0 Å². The molecule has 0 bridgehead atoms. The van der Waals surface area contributed by atoms with E-state index < -0.39 is 0 Å². The molecule has 2 aliphatic heterocycles. The zero-order valence-electron chi connectivity index (χ0n) is 16.8. The largest absolute Gasteiger partial charge is 0.423 e. The van der Waals surface area contributed by atoms with Crippen LogP contribution in [0.1, 0.15) is 26.7 Å². The van der Waals surface area contributed by atoms with Crippen LogP contribution in [-0.2, 0) is 9.53 Å². The SMILES string of the molecule is CC(C)(CNC(=O)C1CCN(c2nc3ccccc3o2)CC1)N1CCOCC1. The van der Waals surface area contributed by atoms with Gasteiger partial charge in [-0.05, 0) is 38.8 Å². The molecule has 1 amide bonds. The van der Waals surface area contributed by atoms with Crippen LogP contribution in [0.2, 0.25) is 0 Å². The predicted octanol–water partition coefficient (Wildman–Crippen LogP) is 2.27. The molecule has 2 aromatic rings.